The molecule has 1 atom stereocenters. The Hall–Kier alpha value is -1.84. The van der Waals surface area contributed by atoms with Gasteiger partial charge in [-0.2, -0.15) is 0 Å². The van der Waals surface area contributed by atoms with E-state index in [4.69, 9.17) is 4.74 Å². The zero-order valence-corrected chi connectivity index (χ0v) is 12.0. The van der Waals surface area contributed by atoms with Gasteiger partial charge < -0.3 is 15.2 Å². The molecule has 0 heterocycles. The quantitative estimate of drug-likeness (QED) is 0.849. The standard InChI is InChI=1S/C17H21NO2/c1-17(12-19,18-2)13-20-16-11-7-6-10-15(16)14-8-4-3-5-9-14/h3-11,18-19H,12-13H2,1-2H3. The van der Waals surface area contributed by atoms with Crippen LogP contribution in [0, 0.1) is 0 Å². The first-order valence-corrected chi connectivity index (χ1v) is 6.75. The molecule has 106 valence electrons. The van der Waals surface area contributed by atoms with E-state index in [1.165, 1.54) is 0 Å². The first-order valence-electron chi connectivity index (χ1n) is 6.75. The van der Waals surface area contributed by atoms with Crippen molar-refractivity contribution in [2.75, 3.05) is 20.3 Å². The van der Waals surface area contributed by atoms with E-state index in [9.17, 15) is 5.11 Å². The zero-order chi connectivity index (χ0) is 14.4. The van der Waals surface area contributed by atoms with Crippen LogP contribution in [-0.2, 0) is 0 Å². The van der Waals surface area contributed by atoms with E-state index in [1.54, 1.807) is 0 Å². The largest absolute Gasteiger partial charge is 0.491 e. The van der Waals surface area contributed by atoms with Crippen molar-refractivity contribution in [2.24, 2.45) is 0 Å². The summed E-state index contributed by atoms with van der Waals surface area (Å²) in [7, 11) is 1.82. The summed E-state index contributed by atoms with van der Waals surface area (Å²) in [4.78, 5) is 0. The van der Waals surface area contributed by atoms with Crippen LogP contribution >= 0.6 is 0 Å². The molecule has 0 aliphatic rings. The highest BCUT2D eigenvalue weighted by molar-refractivity contribution is 5.70. The van der Waals surface area contributed by atoms with Crippen molar-refractivity contribution in [3.63, 3.8) is 0 Å². The summed E-state index contributed by atoms with van der Waals surface area (Å²) in [6.07, 6.45) is 0. The highest BCUT2D eigenvalue weighted by Crippen LogP contribution is 2.29. The minimum absolute atomic E-state index is 0.0248. The lowest BCUT2D eigenvalue weighted by molar-refractivity contribution is 0.123. The second-order valence-electron chi connectivity index (χ2n) is 5.12. The molecule has 0 radical (unpaired) electrons. The number of nitrogens with one attached hydrogen (secondary N) is 1. The fraction of sp³-hybridized carbons (Fsp3) is 0.294. The molecule has 0 saturated carbocycles. The summed E-state index contributed by atoms with van der Waals surface area (Å²) >= 11 is 0. The number of benzene rings is 2. The van der Waals surface area contributed by atoms with Gasteiger partial charge >= 0.3 is 0 Å². The molecule has 1 unspecified atom stereocenters. The van der Waals surface area contributed by atoms with Crippen LogP contribution in [0.4, 0.5) is 0 Å². The smallest absolute Gasteiger partial charge is 0.127 e. The van der Waals surface area contributed by atoms with Crippen molar-refractivity contribution in [3.8, 4) is 16.9 Å². The van der Waals surface area contributed by atoms with E-state index >= 15 is 0 Å². The van der Waals surface area contributed by atoms with Gasteiger partial charge in [0.1, 0.15) is 12.4 Å². The van der Waals surface area contributed by atoms with E-state index in [1.807, 2.05) is 56.4 Å². The topological polar surface area (TPSA) is 41.5 Å². The van der Waals surface area contributed by atoms with Gasteiger partial charge in [-0.25, -0.2) is 0 Å². The molecule has 0 aliphatic heterocycles. The fourth-order valence-corrected chi connectivity index (χ4v) is 1.88. The molecular weight excluding hydrogens is 250 g/mol. The zero-order valence-electron chi connectivity index (χ0n) is 12.0. The van der Waals surface area contributed by atoms with Gasteiger partial charge in [0, 0.05) is 5.56 Å². The maximum Gasteiger partial charge on any atom is 0.127 e. The molecule has 0 aromatic heterocycles. The van der Waals surface area contributed by atoms with Crippen LogP contribution in [-0.4, -0.2) is 30.9 Å². The van der Waals surface area contributed by atoms with E-state index < -0.39 is 5.54 Å². The van der Waals surface area contributed by atoms with Crippen molar-refractivity contribution < 1.29 is 9.84 Å². The molecule has 2 rings (SSSR count). The number of ether oxygens (including phenoxy) is 1. The first kappa shape index (κ1) is 14.6. The lowest BCUT2D eigenvalue weighted by Crippen LogP contribution is -2.48. The van der Waals surface area contributed by atoms with Gasteiger partial charge in [0.15, 0.2) is 0 Å². The summed E-state index contributed by atoms with van der Waals surface area (Å²) in [5.41, 5.74) is 1.74. The van der Waals surface area contributed by atoms with Crippen molar-refractivity contribution >= 4 is 0 Å². The average Bonchev–Trinajstić information content (AvgIpc) is 2.54. The molecule has 3 heteroatoms. The Labute approximate surface area is 120 Å². The van der Waals surface area contributed by atoms with Crippen molar-refractivity contribution in [1.29, 1.82) is 0 Å². The maximum absolute atomic E-state index is 9.41. The Morgan fingerprint density at radius 1 is 1.05 bits per heavy atom. The third-order valence-corrected chi connectivity index (χ3v) is 3.47. The number of likely N-dealkylation sites (N-methyl/N-ethyl adjacent to an activating group) is 1. The monoisotopic (exact) mass is 271 g/mol. The molecule has 3 nitrogen and oxygen atoms in total. The van der Waals surface area contributed by atoms with Gasteiger partial charge in [0.25, 0.3) is 0 Å². The second kappa shape index (κ2) is 6.55. The van der Waals surface area contributed by atoms with Crippen LogP contribution in [0.3, 0.4) is 0 Å². The molecule has 2 aromatic carbocycles. The first-order chi connectivity index (χ1) is 9.68. The van der Waals surface area contributed by atoms with E-state index in [2.05, 4.69) is 17.4 Å². The molecule has 0 spiro atoms. The maximum atomic E-state index is 9.41. The molecule has 0 saturated heterocycles. The van der Waals surface area contributed by atoms with Gasteiger partial charge in [-0.05, 0) is 25.6 Å². The molecule has 2 aromatic rings. The Morgan fingerprint density at radius 3 is 2.35 bits per heavy atom. The Bertz CT molecular complexity index is 536. The van der Waals surface area contributed by atoms with Crippen LogP contribution in [0.5, 0.6) is 5.75 Å². The minimum Gasteiger partial charge on any atom is -0.491 e. The molecule has 0 fully saturated rings. The van der Waals surface area contributed by atoms with Crippen LogP contribution in [0.2, 0.25) is 0 Å². The van der Waals surface area contributed by atoms with Crippen molar-refractivity contribution in [1.82, 2.24) is 5.32 Å². The Morgan fingerprint density at radius 2 is 1.70 bits per heavy atom. The fourth-order valence-electron chi connectivity index (χ4n) is 1.88. The van der Waals surface area contributed by atoms with Crippen molar-refractivity contribution in [2.45, 2.75) is 12.5 Å². The molecule has 20 heavy (non-hydrogen) atoms. The number of para-hydroxylation sites is 1. The van der Waals surface area contributed by atoms with Gasteiger partial charge in [0.05, 0.1) is 12.1 Å². The summed E-state index contributed by atoms with van der Waals surface area (Å²) in [6, 6.07) is 18.1. The normalized spacial score (nSPS) is 13.8. The third kappa shape index (κ3) is 3.38. The second-order valence-corrected chi connectivity index (χ2v) is 5.12. The molecule has 0 bridgehead atoms. The molecule has 2 N–H and O–H groups in total. The molecule has 0 aliphatic carbocycles. The summed E-state index contributed by atoms with van der Waals surface area (Å²) in [6.45, 7) is 2.36. The average molecular weight is 271 g/mol. The predicted molar refractivity (Wildman–Crippen MR) is 81.9 cm³/mol. The third-order valence-electron chi connectivity index (χ3n) is 3.47. The predicted octanol–water partition coefficient (Wildman–Crippen LogP) is 2.70. The minimum atomic E-state index is -0.441. The Balaban J connectivity index is 2.21. The number of hydrogen-bond donors (Lipinski definition) is 2. The highest BCUT2D eigenvalue weighted by Gasteiger charge is 2.22. The van der Waals surface area contributed by atoms with Crippen LogP contribution in [0.15, 0.2) is 54.6 Å². The summed E-state index contributed by atoms with van der Waals surface area (Å²) in [5.74, 6) is 0.827. The lowest BCUT2D eigenvalue weighted by Gasteiger charge is -2.27. The Kier molecular flexibility index (Phi) is 4.77. The van der Waals surface area contributed by atoms with Gasteiger partial charge in [-0.15, -0.1) is 0 Å². The summed E-state index contributed by atoms with van der Waals surface area (Å²) < 4.78 is 5.92. The van der Waals surface area contributed by atoms with Gasteiger partial charge in [-0.1, -0.05) is 48.5 Å². The number of hydrogen-bond acceptors (Lipinski definition) is 3. The van der Waals surface area contributed by atoms with Crippen LogP contribution in [0.1, 0.15) is 6.92 Å². The molecular formula is C17H21NO2. The molecule has 0 amide bonds. The highest BCUT2D eigenvalue weighted by atomic mass is 16.5. The van der Waals surface area contributed by atoms with Gasteiger partial charge in [0.2, 0.25) is 0 Å². The van der Waals surface area contributed by atoms with E-state index in [0.717, 1.165) is 16.9 Å². The van der Waals surface area contributed by atoms with E-state index in [-0.39, 0.29) is 6.61 Å². The van der Waals surface area contributed by atoms with Crippen molar-refractivity contribution in [3.05, 3.63) is 54.6 Å². The van der Waals surface area contributed by atoms with Gasteiger partial charge in [-0.3, -0.25) is 0 Å². The number of aliphatic hydroxyl groups is 1. The number of aliphatic hydroxyl groups excluding tert-OH is 1. The van der Waals surface area contributed by atoms with Crippen LogP contribution < -0.4 is 10.1 Å². The van der Waals surface area contributed by atoms with E-state index in [0.29, 0.717) is 6.61 Å². The lowest BCUT2D eigenvalue weighted by atomic mass is 10.0. The number of rotatable bonds is 6. The van der Waals surface area contributed by atoms with Crippen LogP contribution in [0.25, 0.3) is 11.1 Å². The SMILES string of the molecule is CNC(C)(CO)COc1ccccc1-c1ccccc1. The summed E-state index contributed by atoms with van der Waals surface area (Å²) in [5, 5.41) is 12.5.